The maximum Gasteiger partial charge on any atom is 0.0584 e. The highest BCUT2D eigenvalue weighted by Gasteiger charge is 1.95. The second kappa shape index (κ2) is 5.71. The number of benzene rings is 1. The summed E-state index contributed by atoms with van der Waals surface area (Å²) in [6.07, 6.45) is 2.35. The van der Waals surface area contributed by atoms with Crippen LogP contribution in [-0.4, -0.2) is 9.52 Å². The third-order valence-corrected chi connectivity index (χ3v) is 4.06. The molecule has 0 amide bonds. The summed E-state index contributed by atoms with van der Waals surface area (Å²) in [6.45, 7) is 10.3. The van der Waals surface area contributed by atoms with E-state index in [4.69, 9.17) is 0 Å². The summed E-state index contributed by atoms with van der Waals surface area (Å²) in [4.78, 5) is 0. The van der Waals surface area contributed by atoms with Gasteiger partial charge in [0.05, 0.1) is 9.52 Å². The van der Waals surface area contributed by atoms with Crippen LogP contribution in [0.15, 0.2) is 42.5 Å². The summed E-state index contributed by atoms with van der Waals surface area (Å²) < 4.78 is 0. The first-order valence-corrected chi connectivity index (χ1v) is 7.18. The molecule has 0 saturated carbocycles. The normalized spacial score (nSPS) is 10.6. The highest BCUT2D eigenvalue weighted by atomic mass is 28.2. The highest BCUT2D eigenvalue weighted by Crippen LogP contribution is 2.08. The van der Waals surface area contributed by atoms with Crippen LogP contribution < -0.4 is 5.19 Å². The molecule has 0 nitrogen and oxygen atoms in total. The predicted molar refractivity (Wildman–Crippen MR) is 73.6 cm³/mol. The molecule has 0 saturated heterocycles. The average molecular weight is 216 g/mol. The molecule has 0 N–H and O–H groups in total. The lowest BCUT2D eigenvalue weighted by molar-refractivity contribution is 1.36. The number of hydrogen-bond acceptors (Lipinski definition) is 0. The lowest BCUT2D eigenvalue weighted by Gasteiger charge is -2.02. The van der Waals surface area contributed by atoms with Crippen molar-refractivity contribution in [2.24, 2.45) is 0 Å². The molecule has 0 aliphatic rings. The molecule has 0 fully saturated rings. The Balaban J connectivity index is 2.57. The highest BCUT2D eigenvalue weighted by molar-refractivity contribution is 6.53. The van der Waals surface area contributed by atoms with Crippen molar-refractivity contribution in [1.82, 2.24) is 0 Å². The maximum absolute atomic E-state index is 3.94. The van der Waals surface area contributed by atoms with Crippen LogP contribution >= 0.6 is 0 Å². The Morgan fingerprint density at radius 2 is 1.80 bits per heavy atom. The predicted octanol–water partition coefficient (Wildman–Crippen LogP) is 2.90. The second-order valence-corrected chi connectivity index (χ2v) is 6.19. The fraction of sp³-hybridized carbons (Fsp3) is 0.286. The summed E-state index contributed by atoms with van der Waals surface area (Å²) in [7, 11) is -0.101. The lowest BCUT2D eigenvalue weighted by Crippen LogP contribution is -2.12. The van der Waals surface area contributed by atoms with Crippen LogP contribution in [0.4, 0.5) is 0 Å². The van der Waals surface area contributed by atoms with Gasteiger partial charge in [-0.1, -0.05) is 53.3 Å². The van der Waals surface area contributed by atoms with Gasteiger partial charge in [0.25, 0.3) is 0 Å². The first kappa shape index (κ1) is 12.0. The fourth-order valence-corrected chi connectivity index (χ4v) is 3.11. The van der Waals surface area contributed by atoms with Crippen molar-refractivity contribution in [3.8, 4) is 0 Å². The molecule has 0 aliphatic carbocycles. The first-order chi connectivity index (χ1) is 7.09. The Hall–Kier alpha value is -1.08. The molecule has 0 spiro atoms. The van der Waals surface area contributed by atoms with Crippen LogP contribution in [0.2, 0.25) is 6.04 Å². The number of hydrogen-bond donors (Lipinski definition) is 0. The topological polar surface area (TPSA) is 0 Å². The molecule has 0 aliphatic heterocycles. The van der Waals surface area contributed by atoms with Crippen LogP contribution in [0.3, 0.4) is 0 Å². The third-order valence-electron chi connectivity index (χ3n) is 2.43. The van der Waals surface area contributed by atoms with Crippen molar-refractivity contribution in [3.63, 3.8) is 0 Å². The van der Waals surface area contributed by atoms with Crippen molar-refractivity contribution >= 4 is 20.3 Å². The van der Waals surface area contributed by atoms with Crippen molar-refractivity contribution in [3.05, 3.63) is 48.1 Å². The molecule has 1 rings (SSSR count). The van der Waals surface area contributed by atoms with Gasteiger partial charge < -0.3 is 0 Å². The molecule has 0 aromatic heterocycles. The lowest BCUT2D eigenvalue weighted by atomic mass is 10.1. The number of allylic oxidation sites excluding steroid dienone is 3. The summed E-state index contributed by atoms with van der Waals surface area (Å²) in [6, 6.07) is 10.2. The van der Waals surface area contributed by atoms with Crippen molar-refractivity contribution in [1.29, 1.82) is 0 Å². The Morgan fingerprint density at radius 1 is 1.20 bits per heavy atom. The molecule has 0 heterocycles. The van der Waals surface area contributed by atoms with E-state index in [0.717, 1.165) is 5.57 Å². The van der Waals surface area contributed by atoms with Crippen molar-refractivity contribution < 1.29 is 0 Å². The van der Waals surface area contributed by atoms with Crippen LogP contribution in [0.5, 0.6) is 0 Å². The van der Waals surface area contributed by atoms with E-state index in [1.807, 2.05) is 0 Å². The van der Waals surface area contributed by atoms with Gasteiger partial charge in [-0.2, -0.15) is 0 Å². The molecule has 0 unspecified atom stereocenters. The molecule has 1 heteroatoms. The quantitative estimate of drug-likeness (QED) is 0.536. The van der Waals surface area contributed by atoms with Gasteiger partial charge in [-0.15, -0.1) is 0 Å². The standard InChI is InChI=1S/C14H20Si/c1-11(2)9-10-15-14-7-5-13(6-8-14)12(3)4/h5-9H,3,10,15H2,1-2,4H3. The molecule has 0 radical (unpaired) electrons. The Bertz CT molecular complexity index is 353. The monoisotopic (exact) mass is 216 g/mol. The first-order valence-electron chi connectivity index (χ1n) is 5.48. The third kappa shape index (κ3) is 4.30. The van der Waals surface area contributed by atoms with Gasteiger partial charge in [0, 0.05) is 0 Å². The molecule has 1 aromatic rings. The summed E-state index contributed by atoms with van der Waals surface area (Å²) in [5, 5.41) is 1.54. The molecule has 15 heavy (non-hydrogen) atoms. The van der Waals surface area contributed by atoms with Crippen molar-refractivity contribution in [2.75, 3.05) is 0 Å². The zero-order valence-corrected chi connectivity index (χ0v) is 11.4. The van der Waals surface area contributed by atoms with Crippen LogP contribution in [0.1, 0.15) is 26.3 Å². The van der Waals surface area contributed by atoms with E-state index in [0.29, 0.717) is 0 Å². The van der Waals surface area contributed by atoms with Gasteiger partial charge in [0.2, 0.25) is 0 Å². The summed E-state index contributed by atoms with van der Waals surface area (Å²) >= 11 is 0. The minimum Gasteiger partial charge on any atom is -0.0955 e. The van der Waals surface area contributed by atoms with Gasteiger partial charge in [0.1, 0.15) is 0 Å². The van der Waals surface area contributed by atoms with E-state index in [2.05, 4.69) is 57.7 Å². The van der Waals surface area contributed by atoms with E-state index >= 15 is 0 Å². The largest absolute Gasteiger partial charge is 0.0955 e. The van der Waals surface area contributed by atoms with Gasteiger partial charge in [-0.25, -0.2) is 0 Å². The molecule has 0 atom stereocenters. The van der Waals surface area contributed by atoms with Crippen LogP contribution in [0.25, 0.3) is 5.57 Å². The van der Waals surface area contributed by atoms with E-state index in [1.165, 1.54) is 22.4 Å². The zero-order valence-electron chi connectivity index (χ0n) is 10.0. The van der Waals surface area contributed by atoms with Crippen LogP contribution in [-0.2, 0) is 0 Å². The smallest absolute Gasteiger partial charge is 0.0584 e. The van der Waals surface area contributed by atoms with E-state index in [-0.39, 0.29) is 9.52 Å². The van der Waals surface area contributed by atoms with Gasteiger partial charge in [-0.05, 0) is 32.4 Å². The SMILES string of the molecule is C=C(C)c1ccc([SiH2]CC=C(C)C)cc1. The Kier molecular flexibility index (Phi) is 4.57. The molecular weight excluding hydrogens is 196 g/mol. The maximum atomic E-state index is 3.94. The average Bonchev–Trinajstić information content (AvgIpc) is 2.18. The van der Waals surface area contributed by atoms with Gasteiger partial charge in [-0.3, -0.25) is 0 Å². The second-order valence-electron chi connectivity index (χ2n) is 4.30. The van der Waals surface area contributed by atoms with E-state index in [1.54, 1.807) is 0 Å². The van der Waals surface area contributed by atoms with E-state index < -0.39 is 0 Å². The van der Waals surface area contributed by atoms with Gasteiger partial charge >= 0.3 is 0 Å². The molecule has 0 bridgehead atoms. The minimum absolute atomic E-state index is 0.101. The zero-order chi connectivity index (χ0) is 11.3. The van der Waals surface area contributed by atoms with Crippen LogP contribution in [0, 0.1) is 0 Å². The van der Waals surface area contributed by atoms with Crippen molar-refractivity contribution in [2.45, 2.75) is 26.8 Å². The summed E-state index contributed by atoms with van der Waals surface area (Å²) in [5.41, 5.74) is 3.84. The number of rotatable bonds is 4. The molecular formula is C14H20Si. The Labute approximate surface area is 95.5 Å². The fourth-order valence-electron chi connectivity index (χ4n) is 1.48. The molecule has 80 valence electrons. The van der Waals surface area contributed by atoms with E-state index in [9.17, 15) is 0 Å². The molecule has 1 aromatic carbocycles. The minimum atomic E-state index is -0.101. The summed E-state index contributed by atoms with van der Waals surface area (Å²) in [5.74, 6) is 0. The van der Waals surface area contributed by atoms with Gasteiger partial charge in [0.15, 0.2) is 0 Å². The Morgan fingerprint density at radius 3 is 2.27 bits per heavy atom.